The first-order chi connectivity index (χ1) is 16.1. The van der Waals surface area contributed by atoms with Gasteiger partial charge in [-0.1, -0.05) is 34.6 Å². The summed E-state index contributed by atoms with van der Waals surface area (Å²) in [7, 11) is -7.60. The topological polar surface area (TPSA) is 148 Å². The van der Waals surface area contributed by atoms with Crippen molar-refractivity contribution < 1.29 is 21.9 Å². The van der Waals surface area contributed by atoms with Gasteiger partial charge in [-0.25, -0.2) is 21.5 Å². The Balaban J connectivity index is 2.25. The van der Waals surface area contributed by atoms with Crippen LogP contribution in [0.5, 0.6) is 5.75 Å². The Morgan fingerprint density at radius 1 is 1.26 bits per heavy atom. The second kappa shape index (κ2) is 9.38. The fraction of sp³-hybridized carbons (Fsp3) is 0.522. The van der Waals surface area contributed by atoms with Gasteiger partial charge in [0.05, 0.1) is 28.3 Å². The lowest BCUT2D eigenvalue weighted by molar-refractivity contribution is 0.384. The highest BCUT2D eigenvalue weighted by Gasteiger charge is 2.34. The molecule has 0 radical (unpaired) electrons. The van der Waals surface area contributed by atoms with E-state index in [9.17, 15) is 26.7 Å². The van der Waals surface area contributed by atoms with E-state index in [0.29, 0.717) is 31.0 Å². The molecular formula is C23H32N4O6S2. The molecule has 2 heterocycles. The molecule has 0 bridgehead atoms. The fourth-order valence-corrected chi connectivity index (χ4v) is 5.69. The highest BCUT2D eigenvalue weighted by Crippen LogP contribution is 2.37. The molecule has 1 aliphatic rings. The van der Waals surface area contributed by atoms with Crippen molar-refractivity contribution in [2.75, 3.05) is 16.7 Å². The van der Waals surface area contributed by atoms with Gasteiger partial charge in [0.1, 0.15) is 11.3 Å². The lowest BCUT2D eigenvalue weighted by Gasteiger charge is -2.26. The number of fused-ring (bicyclic) bond motifs is 1. The number of hydrogen-bond acceptors (Lipinski definition) is 8. The number of hydrogen-bond donors (Lipinski definition) is 2. The summed E-state index contributed by atoms with van der Waals surface area (Å²) in [4.78, 5) is 17.7. The van der Waals surface area contributed by atoms with E-state index in [4.69, 9.17) is 0 Å². The minimum absolute atomic E-state index is 0.0611. The molecule has 35 heavy (non-hydrogen) atoms. The first-order valence-electron chi connectivity index (χ1n) is 11.3. The standard InChI is InChI=1S/C23H32N4O6S2/c1-7-23(4,5)21-20(28)19(22(29)27(25-21)11-10-14(2)3)17-13-35(32,33)18-12-15(26-34(6,30)31)8-9-16(18)24-17/h8-9,12,14,26,28H,7,10-11,13H2,1-6H3. The van der Waals surface area contributed by atoms with Gasteiger partial charge in [0.15, 0.2) is 15.6 Å². The zero-order chi connectivity index (χ0) is 26.3. The monoisotopic (exact) mass is 524 g/mol. The zero-order valence-electron chi connectivity index (χ0n) is 20.8. The third-order valence-electron chi connectivity index (χ3n) is 6.04. The SMILES string of the molecule is CCC(C)(C)c1nn(CCC(C)C)c(=O)c(C2=Nc3ccc(NS(C)(=O)=O)cc3S(=O)(=O)C2)c1O. The second-order valence-electron chi connectivity index (χ2n) is 9.89. The number of aliphatic imine (C=N–C) groups is 1. The summed E-state index contributed by atoms with van der Waals surface area (Å²) in [6.07, 6.45) is 2.26. The van der Waals surface area contributed by atoms with Crippen molar-refractivity contribution in [3.8, 4) is 5.75 Å². The van der Waals surface area contributed by atoms with Crippen LogP contribution >= 0.6 is 0 Å². The summed E-state index contributed by atoms with van der Waals surface area (Å²) in [6.45, 7) is 10.1. The predicted molar refractivity (Wildman–Crippen MR) is 136 cm³/mol. The molecule has 0 spiro atoms. The highest BCUT2D eigenvalue weighted by molar-refractivity contribution is 7.92. The van der Waals surface area contributed by atoms with E-state index in [1.165, 1.54) is 22.9 Å². The number of rotatable bonds is 8. The Hall–Kier alpha value is -2.73. The fourth-order valence-electron chi connectivity index (χ4n) is 3.67. The molecule has 0 aliphatic carbocycles. The molecule has 12 heteroatoms. The minimum Gasteiger partial charge on any atom is -0.505 e. The molecule has 1 aromatic heterocycles. The molecule has 0 unspecified atom stereocenters. The van der Waals surface area contributed by atoms with Crippen LogP contribution in [0.15, 0.2) is 32.9 Å². The molecule has 1 aromatic carbocycles. The van der Waals surface area contributed by atoms with E-state index in [1.54, 1.807) is 0 Å². The molecule has 0 atom stereocenters. The van der Waals surface area contributed by atoms with Gasteiger partial charge in [-0.3, -0.25) is 14.5 Å². The van der Waals surface area contributed by atoms with Gasteiger partial charge in [-0.05, 0) is 37.0 Å². The number of nitrogens with one attached hydrogen (secondary N) is 1. The van der Waals surface area contributed by atoms with Crippen LogP contribution in [0.4, 0.5) is 11.4 Å². The third-order valence-corrected chi connectivity index (χ3v) is 8.30. The molecule has 192 valence electrons. The van der Waals surface area contributed by atoms with E-state index < -0.39 is 36.6 Å². The third kappa shape index (κ3) is 5.75. The van der Waals surface area contributed by atoms with Gasteiger partial charge < -0.3 is 5.11 Å². The van der Waals surface area contributed by atoms with Crippen molar-refractivity contribution in [2.24, 2.45) is 10.9 Å². The highest BCUT2D eigenvalue weighted by atomic mass is 32.2. The predicted octanol–water partition coefficient (Wildman–Crippen LogP) is 2.96. The molecule has 0 saturated carbocycles. The largest absolute Gasteiger partial charge is 0.505 e. The Morgan fingerprint density at radius 3 is 2.49 bits per heavy atom. The maximum Gasteiger partial charge on any atom is 0.279 e. The van der Waals surface area contributed by atoms with Gasteiger partial charge >= 0.3 is 0 Å². The number of sulfonamides is 1. The number of aromatic nitrogens is 2. The van der Waals surface area contributed by atoms with E-state index in [-0.39, 0.29) is 33.3 Å². The molecule has 0 fully saturated rings. The summed E-state index contributed by atoms with van der Waals surface area (Å²) in [5.74, 6) is -0.682. The molecule has 0 saturated heterocycles. The summed E-state index contributed by atoms with van der Waals surface area (Å²) < 4.78 is 53.0. The summed E-state index contributed by atoms with van der Waals surface area (Å²) >= 11 is 0. The second-order valence-corrected chi connectivity index (χ2v) is 13.6. The quantitative estimate of drug-likeness (QED) is 0.539. The van der Waals surface area contributed by atoms with E-state index in [0.717, 1.165) is 6.26 Å². The van der Waals surface area contributed by atoms with Crippen LogP contribution < -0.4 is 10.3 Å². The van der Waals surface area contributed by atoms with Crippen LogP contribution in [0.2, 0.25) is 0 Å². The molecule has 2 N–H and O–H groups in total. The molecule has 1 aliphatic heterocycles. The van der Waals surface area contributed by atoms with Crippen molar-refractivity contribution in [1.29, 1.82) is 0 Å². The first kappa shape index (κ1) is 26.9. The van der Waals surface area contributed by atoms with E-state index in [1.807, 2.05) is 34.6 Å². The van der Waals surface area contributed by atoms with Crippen LogP contribution in [-0.2, 0) is 31.8 Å². The molecule has 0 amide bonds. The van der Waals surface area contributed by atoms with Crippen LogP contribution in [0, 0.1) is 5.92 Å². The van der Waals surface area contributed by atoms with Gasteiger partial charge in [-0.2, -0.15) is 5.10 Å². The van der Waals surface area contributed by atoms with Crippen molar-refractivity contribution in [2.45, 2.75) is 64.3 Å². The average molecular weight is 525 g/mol. The Bertz CT molecular complexity index is 1460. The lowest BCUT2D eigenvalue weighted by Crippen LogP contribution is -2.36. The zero-order valence-corrected chi connectivity index (χ0v) is 22.4. The number of anilines is 1. The Kier molecular flexibility index (Phi) is 7.20. The summed E-state index contributed by atoms with van der Waals surface area (Å²) in [6, 6.07) is 3.96. The first-order valence-corrected chi connectivity index (χ1v) is 14.9. The maximum absolute atomic E-state index is 13.4. The summed E-state index contributed by atoms with van der Waals surface area (Å²) in [5, 5.41) is 15.6. The molecule has 3 rings (SSSR count). The Labute approximate surface area is 206 Å². The van der Waals surface area contributed by atoms with E-state index >= 15 is 0 Å². The van der Waals surface area contributed by atoms with Crippen LogP contribution in [0.25, 0.3) is 0 Å². The van der Waals surface area contributed by atoms with Crippen molar-refractivity contribution in [3.05, 3.63) is 39.8 Å². The van der Waals surface area contributed by atoms with Crippen LogP contribution in [0.3, 0.4) is 0 Å². The number of nitrogens with zero attached hydrogens (tertiary/aromatic N) is 3. The van der Waals surface area contributed by atoms with Gasteiger partial charge in [0.2, 0.25) is 10.0 Å². The van der Waals surface area contributed by atoms with Crippen molar-refractivity contribution in [3.63, 3.8) is 0 Å². The molecular weight excluding hydrogens is 492 g/mol. The van der Waals surface area contributed by atoms with Gasteiger partial charge in [-0.15, -0.1) is 0 Å². The number of aromatic hydroxyl groups is 1. The van der Waals surface area contributed by atoms with Crippen molar-refractivity contribution in [1.82, 2.24) is 9.78 Å². The van der Waals surface area contributed by atoms with E-state index in [2.05, 4.69) is 14.8 Å². The molecule has 2 aromatic rings. The lowest BCUT2D eigenvalue weighted by atomic mass is 9.85. The van der Waals surface area contributed by atoms with Crippen LogP contribution in [0.1, 0.15) is 58.7 Å². The average Bonchev–Trinajstić information content (AvgIpc) is 2.72. The van der Waals surface area contributed by atoms with Gasteiger partial charge in [0, 0.05) is 17.6 Å². The number of sulfone groups is 1. The molecule has 10 nitrogen and oxygen atoms in total. The Morgan fingerprint density at radius 2 is 1.91 bits per heavy atom. The minimum atomic E-state index is -3.99. The van der Waals surface area contributed by atoms with Gasteiger partial charge in [0.25, 0.3) is 5.56 Å². The maximum atomic E-state index is 13.4. The smallest absolute Gasteiger partial charge is 0.279 e. The number of benzene rings is 1. The van der Waals surface area contributed by atoms with Crippen LogP contribution in [-0.4, -0.2) is 49.4 Å². The normalized spacial score (nSPS) is 15.6. The van der Waals surface area contributed by atoms with Crippen molar-refractivity contribution >= 4 is 36.9 Å². The summed E-state index contributed by atoms with van der Waals surface area (Å²) in [5.41, 5.74) is -0.979. The number of aryl methyl sites for hydroxylation is 1.